The molecule has 0 unspecified atom stereocenters. The van der Waals surface area contributed by atoms with Crippen molar-refractivity contribution in [3.05, 3.63) is 76.8 Å². The van der Waals surface area contributed by atoms with Gasteiger partial charge in [0, 0.05) is 17.0 Å². The third kappa shape index (κ3) is 3.98. The van der Waals surface area contributed by atoms with E-state index in [9.17, 15) is 4.79 Å². The van der Waals surface area contributed by atoms with Crippen molar-refractivity contribution in [3.8, 4) is 0 Å². The van der Waals surface area contributed by atoms with Crippen molar-refractivity contribution in [2.75, 3.05) is 5.32 Å². The third-order valence-electron chi connectivity index (χ3n) is 4.13. The number of nitrogens with one attached hydrogen (secondary N) is 2. The molecule has 3 heterocycles. The molecular weight excluding hydrogens is 360 g/mol. The third-order valence-corrected chi connectivity index (χ3v) is 5.09. The Morgan fingerprint density at radius 1 is 1.15 bits per heavy atom. The number of hydrogen-bond donors (Lipinski definition) is 2. The first-order valence-corrected chi connectivity index (χ1v) is 9.35. The number of rotatable bonds is 6. The summed E-state index contributed by atoms with van der Waals surface area (Å²) in [5.41, 5.74) is 1.68. The number of benzene rings is 1. The van der Waals surface area contributed by atoms with E-state index in [1.807, 2.05) is 30.3 Å². The number of aryl methyl sites for hydroxylation is 1. The molecule has 0 saturated heterocycles. The second kappa shape index (κ2) is 7.59. The minimum Gasteiger partial charge on any atom is -0.467 e. The van der Waals surface area contributed by atoms with Crippen molar-refractivity contribution in [2.45, 2.75) is 20.0 Å². The van der Waals surface area contributed by atoms with Crippen molar-refractivity contribution < 1.29 is 9.21 Å². The number of anilines is 1. The highest BCUT2D eigenvalue weighted by molar-refractivity contribution is 7.18. The van der Waals surface area contributed by atoms with Crippen molar-refractivity contribution >= 4 is 33.3 Å². The highest BCUT2D eigenvalue weighted by Crippen LogP contribution is 2.27. The summed E-state index contributed by atoms with van der Waals surface area (Å²) in [5.74, 6) is 1.42. The number of furan rings is 1. The van der Waals surface area contributed by atoms with E-state index in [1.54, 1.807) is 30.0 Å². The molecule has 7 heteroatoms. The smallest absolute Gasteiger partial charge is 0.251 e. The first kappa shape index (κ1) is 17.2. The Morgan fingerprint density at radius 3 is 2.78 bits per heavy atom. The molecule has 0 fully saturated rings. The number of aromatic nitrogens is 2. The van der Waals surface area contributed by atoms with Crippen LogP contribution in [0.4, 0.5) is 5.82 Å². The van der Waals surface area contributed by atoms with Gasteiger partial charge in [-0.05, 0) is 42.8 Å². The standard InChI is InChI=1S/C20H18N4O2S/c1-13-9-17-18(23-12-24-20(17)27-13)21-10-14-4-6-15(7-5-14)19(25)22-11-16-3-2-8-26-16/h2-9,12H,10-11H2,1H3,(H,22,25)(H,21,23,24). The topological polar surface area (TPSA) is 80.0 Å². The molecule has 27 heavy (non-hydrogen) atoms. The largest absolute Gasteiger partial charge is 0.467 e. The summed E-state index contributed by atoms with van der Waals surface area (Å²) in [5, 5.41) is 7.23. The van der Waals surface area contributed by atoms with E-state index in [0.717, 1.165) is 27.4 Å². The molecule has 0 spiro atoms. The Hall–Kier alpha value is -3.19. The zero-order valence-corrected chi connectivity index (χ0v) is 15.5. The monoisotopic (exact) mass is 378 g/mol. The van der Waals surface area contributed by atoms with Crippen LogP contribution >= 0.6 is 11.3 Å². The quantitative estimate of drug-likeness (QED) is 0.527. The van der Waals surface area contributed by atoms with E-state index in [0.29, 0.717) is 18.7 Å². The van der Waals surface area contributed by atoms with Crippen LogP contribution in [0.25, 0.3) is 10.2 Å². The molecule has 0 aliphatic carbocycles. The maximum atomic E-state index is 12.2. The van der Waals surface area contributed by atoms with E-state index in [-0.39, 0.29) is 5.91 Å². The summed E-state index contributed by atoms with van der Waals surface area (Å²) >= 11 is 1.65. The Kier molecular flexibility index (Phi) is 4.84. The van der Waals surface area contributed by atoms with Crippen molar-refractivity contribution in [1.29, 1.82) is 0 Å². The Labute approximate surface area is 160 Å². The fraction of sp³-hybridized carbons (Fsp3) is 0.150. The molecule has 6 nitrogen and oxygen atoms in total. The first-order chi connectivity index (χ1) is 13.2. The van der Waals surface area contributed by atoms with Gasteiger partial charge in [0.2, 0.25) is 0 Å². The molecule has 0 radical (unpaired) electrons. The van der Waals surface area contributed by atoms with Gasteiger partial charge in [0.25, 0.3) is 5.91 Å². The molecule has 3 aromatic heterocycles. The van der Waals surface area contributed by atoms with E-state index in [4.69, 9.17) is 4.42 Å². The fourth-order valence-corrected chi connectivity index (χ4v) is 3.61. The summed E-state index contributed by atoms with van der Waals surface area (Å²) in [6.45, 7) is 3.06. The molecular formula is C20H18N4O2S. The van der Waals surface area contributed by atoms with Crippen LogP contribution in [-0.2, 0) is 13.1 Å². The number of nitrogens with zero attached hydrogens (tertiary/aromatic N) is 2. The average Bonchev–Trinajstić information content (AvgIpc) is 3.33. The van der Waals surface area contributed by atoms with Gasteiger partial charge in [-0.1, -0.05) is 12.1 Å². The van der Waals surface area contributed by atoms with Crippen LogP contribution in [0.5, 0.6) is 0 Å². The number of hydrogen-bond acceptors (Lipinski definition) is 6. The number of carbonyl (C=O) groups excluding carboxylic acids is 1. The van der Waals surface area contributed by atoms with E-state index >= 15 is 0 Å². The van der Waals surface area contributed by atoms with Gasteiger partial charge in [-0.25, -0.2) is 9.97 Å². The van der Waals surface area contributed by atoms with Gasteiger partial charge < -0.3 is 15.1 Å². The SMILES string of the molecule is Cc1cc2c(NCc3ccc(C(=O)NCc4ccco4)cc3)ncnc2s1. The van der Waals surface area contributed by atoms with E-state index in [1.165, 1.54) is 4.88 Å². The predicted octanol–water partition coefficient (Wildman–Crippen LogP) is 4.13. The lowest BCUT2D eigenvalue weighted by atomic mass is 10.1. The van der Waals surface area contributed by atoms with Gasteiger partial charge in [-0.2, -0.15) is 0 Å². The highest BCUT2D eigenvalue weighted by Gasteiger charge is 2.08. The first-order valence-electron chi connectivity index (χ1n) is 8.53. The molecule has 4 aromatic rings. The number of amides is 1. The summed E-state index contributed by atoms with van der Waals surface area (Å²) in [4.78, 5) is 23.0. The number of fused-ring (bicyclic) bond motifs is 1. The van der Waals surface area contributed by atoms with Gasteiger partial charge in [0.15, 0.2) is 0 Å². The summed E-state index contributed by atoms with van der Waals surface area (Å²) in [6, 6.07) is 13.2. The Bertz CT molecular complexity index is 1060. The lowest BCUT2D eigenvalue weighted by molar-refractivity contribution is 0.0948. The molecule has 2 N–H and O–H groups in total. The van der Waals surface area contributed by atoms with Crippen LogP contribution in [0.15, 0.2) is 59.5 Å². The minimum absolute atomic E-state index is 0.128. The van der Waals surface area contributed by atoms with Crippen LogP contribution < -0.4 is 10.6 Å². The highest BCUT2D eigenvalue weighted by atomic mass is 32.1. The lowest BCUT2D eigenvalue weighted by Crippen LogP contribution is -2.22. The predicted molar refractivity (Wildman–Crippen MR) is 106 cm³/mol. The molecule has 0 atom stereocenters. The van der Waals surface area contributed by atoms with Crippen LogP contribution in [0.3, 0.4) is 0 Å². The molecule has 0 aliphatic rings. The summed E-state index contributed by atoms with van der Waals surface area (Å²) in [6.07, 6.45) is 3.17. The Balaban J connectivity index is 1.38. The maximum absolute atomic E-state index is 12.2. The van der Waals surface area contributed by atoms with Crippen LogP contribution in [0.1, 0.15) is 26.6 Å². The number of carbonyl (C=O) groups is 1. The van der Waals surface area contributed by atoms with Crippen LogP contribution in [0, 0.1) is 6.92 Å². The van der Waals surface area contributed by atoms with E-state index < -0.39 is 0 Å². The Morgan fingerprint density at radius 2 is 2.00 bits per heavy atom. The average molecular weight is 378 g/mol. The summed E-state index contributed by atoms with van der Waals surface area (Å²) in [7, 11) is 0. The number of thiophene rings is 1. The molecule has 0 bridgehead atoms. The minimum atomic E-state index is -0.128. The lowest BCUT2D eigenvalue weighted by Gasteiger charge is -2.08. The van der Waals surface area contributed by atoms with Gasteiger partial charge in [0.05, 0.1) is 18.2 Å². The zero-order chi connectivity index (χ0) is 18.6. The summed E-state index contributed by atoms with van der Waals surface area (Å²) < 4.78 is 5.21. The second-order valence-corrected chi connectivity index (χ2v) is 7.35. The molecule has 4 rings (SSSR count). The van der Waals surface area contributed by atoms with Crippen molar-refractivity contribution in [2.24, 2.45) is 0 Å². The molecule has 136 valence electrons. The maximum Gasteiger partial charge on any atom is 0.251 e. The van der Waals surface area contributed by atoms with Crippen molar-refractivity contribution in [1.82, 2.24) is 15.3 Å². The van der Waals surface area contributed by atoms with E-state index in [2.05, 4.69) is 33.6 Å². The van der Waals surface area contributed by atoms with Gasteiger partial charge >= 0.3 is 0 Å². The normalized spacial score (nSPS) is 10.9. The van der Waals surface area contributed by atoms with Gasteiger partial charge in [-0.3, -0.25) is 4.79 Å². The molecule has 0 aliphatic heterocycles. The fourth-order valence-electron chi connectivity index (χ4n) is 2.76. The molecule has 1 amide bonds. The van der Waals surface area contributed by atoms with Gasteiger partial charge in [0.1, 0.15) is 22.7 Å². The van der Waals surface area contributed by atoms with Gasteiger partial charge in [-0.15, -0.1) is 11.3 Å². The van der Waals surface area contributed by atoms with Crippen LogP contribution in [-0.4, -0.2) is 15.9 Å². The second-order valence-electron chi connectivity index (χ2n) is 6.11. The van der Waals surface area contributed by atoms with Crippen molar-refractivity contribution in [3.63, 3.8) is 0 Å². The zero-order valence-electron chi connectivity index (χ0n) is 14.7. The molecule has 1 aromatic carbocycles. The van der Waals surface area contributed by atoms with Crippen LogP contribution in [0.2, 0.25) is 0 Å². The molecule has 0 saturated carbocycles.